The number of nitriles is 1. The summed E-state index contributed by atoms with van der Waals surface area (Å²) in [7, 11) is -0.958. The zero-order chi connectivity index (χ0) is 12.0. The van der Waals surface area contributed by atoms with Gasteiger partial charge in [-0.15, -0.1) is 0 Å². The van der Waals surface area contributed by atoms with Gasteiger partial charge in [0.1, 0.15) is 0 Å². The molecule has 0 aliphatic carbocycles. The van der Waals surface area contributed by atoms with Gasteiger partial charge in [-0.2, -0.15) is 5.26 Å². The lowest BCUT2D eigenvalue weighted by molar-refractivity contribution is 0.680. The van der Waals surface area contributed by atoms with Crippen molar-refractivity contribution in [3.8, 4) is 6.07 Å². The first kappa shape index (κ1) is 12.9. The summed E-state index contributed by atoms with van der Waals surface area (Å²) in [6.45, 7) is 4.28. The highest BCUT2D eigenvalue weighted by Gasteiger charge is 2.04. The Kier molecular flexibility index (Phi) is 5.21. The van der Waals surface area contributed by atoms with Crippen LogP contribution in [-0.4, -0.2) is 9.96 Å². The summed E-state index contributed by atoms with van der Waals surface area (Å²) in [6.07, 6.45) is 1.19. The number of unbranched alkanes of at least 4 members (excludes halogenated alkanes) is 1. The minimum absolute atomic E-state index is 0.482. The van der Waals surface area contributed by atoms with E-state index >= 15 is 0 Å². The molecule has 1 atom stereocenters. The molecule has 0 saturated heterocycles. The second-order valence-corrected chi connectivity index (χ2v) is 5.61. The van der Waals surface area contributed by atoms with Crippen LogP contribution in [0.3, 0.4) is 0 Å². The molecule has 1 aromatic carbocycles. The predicted octanol–water partition coefficient (Wildman–Crippen LogP) is 3.22. The molecule has 0 bridgehead atoms. The highest BCUT2D eigenvalue weighted by atomic mass is 32.2. The molecule has 2 nitrogen and oxygen atoms in total. The Morgan fingerprint density at radius 2 is 1.94 bits per heavy atom. The van der Waals surface area contributed by atoms with Crippen LogP contribution in [0.25, 0.3) is 0 Å². The van der Waals surface area contributed by atoms with Gasteiger partial charge in [-0.05, 0) is 30.0 Å². The lowest BCUT2D eigenvalue weighted by Crippen LogP contribution is -1.98. The van der Waals surface area contributed by atoms with Crippen LogP contribution in [0.15, 0.2) is 29.2 Å². The number of rotatable bonds is 5. The third-order valence-electron chi connectivity index (χ3n) is 2.43. The molecule has 0 fully saturated rings. The first-order valence-corrected chi connectivity index (χ1v) is 6.82. The van der Waals surface area contributed by atoms with E-state index in [4.69, 9.17) is 5.26 Å². The van der Waals surface area contributed by atoms with E-state index in [0.717, 1.165) is 4.90 Å². The third kappa shape index (κ3) is 3.79. The first-order valence-electron chi connectivity index (χ1n) is 5.50. The van der Waals surface area contributed by atoms with Crippen LogP contribution in [0.4, 0.5) is 0 Å². The van der Waals surface area contributed by atoms with Crippen LogP contribution in [0, 0.1) is 11.3 Å². The standard InChI is InChI=1S/C13H17NOS/c1-11(2)12-5-7-13(8-6-12)16(15)10-4-3-9-14/h5-8,11H,3-4,10H2,1-2H3. The fraction of sp³-hybridized carbons (Fsp3) is 0.462. The summed E-state index contributed by atoms with van der Waals surface area (Å²) in [5, 5.41) is 8.40. The summed E-state index contributed by atoms with van der Waals surface area (Å²) in [4.78, 5) is 0.863. The van der Waals surface area contributed by atoms with E-state index in [0.29, 0.717) is 24.5 Å². The Morgan fingerprint density at radius 1 is 1.31 bits per heavy atom. The van der Waals surface area contributed by atoms with Gasteiger partial charge in [0.05, 0.1) is 16.9 Å². The van der Waals surface area contributed by atoms with E-state index in [1.54, 1.807) is 0 Å². The van der Waals surface area contributed by atoms with Crippen molar-refractivity contribution in [2.75, 3.05) is 5.75 Å². The van der Waals surface area contributed by atoms with Crippen LogP contribution in [0.2, 0.25) is 0 Å². The van der Waals surface area contributed by atoms with Gasteiger partial charge in [-0.1, -0.05) is 26.0 Å². The molecule has 0 N–H and O–H groups in total. The molecule has 0 heterocycles. The molecule has 3 heteroatoms. The summed E-state index contributed by atoms with van der Waals surface area (Å²) >= 11 is 0. The monoisotopic (exact) mass is 235 g/mol. The summed E-state index contributed by atoms with van der Waals surface area (Å²) in [6, 6.07) is 9.98. The highest BCUT2D eigenvalue weighted by molar-refractivity contribution is 7.85. The average Bonchev–Trinajstić information content (AvgIpc) is 2.29. The molecule has 0 spiro atoms. The van der Waals surface area contributed by atoms with Crippen molar-refractivity contribution in [3.63, 3.8) is 0 Å². The van der Waals surface area contributed by atoms with E-state index < -0.39 is 10.8 Å². The predicted molar refractivity (Wildman–Crippen MR) is 66.7 cm³/mol. The number of benzene rings is 1. The molecule has 1 rings (SSSR count). The lowest BCUT2D eigenvalue weighted by atomic mass is 10.0. The van der Waals surface area contributed by atoms with Crippen molar-refractivity contribution in [1.29, 1.82) is 5.26 Å². The van der Waals surface area contributed by atoms with Crippen LogP contribution < -0.4 is 0 Å². The van der Waals surface area contributed by atoms with Crippen molar-refractivity contribution in [2.24, 2.45) is 0 Å². The van der Waals surface area contributed by atoms with Gasteiger partial charge in [-0.3, -0.25) is 4.21 Å². The molecule has 0 amide bonds. The van der Waals surface area contributed by atoms with Gasteiger partial charge in [0, 0.05) is 17.1 Å². The Labute approximate surface area is 99.8 Å². The second-order valence-electron chi connectivity index (χ2n) is 4.04. The molecular weight excluding hydrogens is 218 g/mol. The topological polar surface area (TPSA) is 40.9 Å². The number of hydrogen-bond acceptors (Lipinski definition) is 2. The minimum atomic E-state index is -0.958. The van der Waals surface area contributed by atoms with Crippen molar-refractivity contribution in [2.45, 2.75) is 37.5 Å². The van der Waals surface area contributed by atoms with E-state index in [9.17, 15) is 4.21 Å². The third-order valence-corrected chi connectivity index (χ3v) is 3.89. The van der Waals surface area contributed by atoms with Gasteiger partial charge in [0.25, 0.3) is 0 Å². The molecule has 0 aliphatic heterocycles. The van der Waals surface area contributed by atoms with E-state index in [1.165, 1.54) is 5.56 Å². The summed E-state index contributed by atoms with van der Waals surface area (Å²) < 4.78 is 11.8. The number of hydrogen-bond donors (Lipinski definition) is 0. The Morgan fingerprint density at radius 3 is 2.44 bits per heavy atom. The number of nitrogens with zero attached hydrogens (tertiary/aromatic N) is 1. The van der Waals surface area contributed by atoms with Crippen molar-refractivity contribution >= 4 is 10.8 Å². The largest absolute Gasteiger partial charge is 0.254 e. The lowest BCUT2D eigenvalue weighted by Gasteiger charge is -2.06. The van der Waals surface area contributed by atoms with Gasteiger partial charge < -0.3 is 0 Å². The Balaban J connectivity index is 2.60. The quantitative estimate of drug-likeness (QED) is 0.735. The maximum absolute atomic E-state index is 11.8. The summed E-state index contributed by atoms with van der Waals surface area (Å²) in [5.41, 5.74) is 1.26. The zero-order valence-corrected chi connectivity index (χ0v) is 10.6. The summed E-state index contributed by atoms with van der Waals surface area (Å²) in [5.74, 6) is 1.08. The van der Waals surface area contributed by atoms with Crippen LogP contribution in [0.5, 0.6) is 0 Å². The molecular formula is C13H17NOS. The zero-order valence-electron chi connectivity index (χ0n) is 9.77. The maximum atomic E-state index is 11.8. The molecule has 0 saturated carbocycles. The SMILES string of the molecule is CC(C)c1ccc(S(=O)CCCC#N)cc1. The van der Waals surface area contributed by atoms with E-state index in [2.05, 4.69) is 19.9 Å². The molecule has 86 valence electrons. The Bertz CT molecular complexity index is 389. The fourth-order valence-corrected chi connectivity index (χ4v) is 2.49. The van der Waals surface area contributed by atoms with Crippen molar-refractivity contribution < 1.29 is 4.21 Å². The second kappa shape index (κ2) is 6.44. The first-order chi connectivity index (χ1) is 7.65. The van der Waals surface area contributed by atoms with E-state index in [1.807, 2.05) is 24.3 Å². The highest BCUT2D eigenvalue weighted by Crippen LogP contribution is 2.16. The van der Waals surface area contributed by atoms with Gasteiger partial charge >= 0.3 is 0 Å². The normalized spacial score (nSPS) is 12.4. The average molecular weight is 235 g/mol. The van der Waals surface area contributed by atoms with E-state index in [-0.39, 0.29) is 0 Å². The molecule has 1 aromatic rings. The maximum Gasteiger partial charge on any atom is 0.0622 e. The minimum Gasteiger partial charge on any atom is -0.254 e. The fourth-order valence-electron chi connectivity index (χ4n) is 1.40. The van der Waals surface area contributed by atoms with Crippen molar-refractivity contribution in [3.05, 3.63) is 29.8 Å². The Hall–Kier alpha value is -1.14. The molecule has 0 aromatic heterocycles. The molecule has 16 heavy (non-hydrogen) atoms. The van der Waals surface area contributed by atoms with Gasteiger partial charge in [0.15, 0.2) is 0 Å². The van der Waals surface area contributed by atoms with Crippen molar-refractivity contribution in [1.82, 2.24) is 0 Å². The van der Waals surface area contributed by atoms with Crippen LogP contribution in [0.1, 0.15) is 38.2 Å². The smallest absolute Gasteiger partial charge is 0.0622 e. The van der Waals surface area contributed by atoms with Crippen LogP contribution >= 0.6 is 0 Å². The van der Waals surface area contributed by atoms with Gasteiger partial charge in [-0.25, -0.2) is 0 Å². The molecule has 1 unspecified atom stereocenters. The molecule has 0 radical (unpaired) electrons. The van der Waals surface area contributed by atoms with Crippen LogP contribution in [-0.2, 0) is 10.8 Å². The molecule has 0 aliphatic rings. The van der Waals surface area contributed by atoms with Gasteiger partial charge in [0.2, 0.25) is 0 Å².